The van der Waals surface area contributed by atoms with Gasteiger partial charge < -0.3 is 14.5 Å². The Morgan fingerprint density at radius 2 is 2.04 bits per heavy atom. The normalized spacial score (nSPS) is 10.4. The Hall–Kier alpha value is -2.93. The molecule has 122 valence electrons. The lowest BCUT2D eigenvalue weighted by Gasteiger charge is -2.04. The Kier molecular flexibility index (Phi) is 4.72. The molecule has 0 bridgehead atoms. The van der Waals surface area contributed by atoms with Crippen molar-refractivity contribution in [1.82, 2.24) is 10.3 Å². The van der Waals surface area contributed by atoms with Crippen LogP contribution in [0.25, 0.3) is 10.8 Å². The first-order chi connectivity index (χ1) is 11.7. The molecule has 1 amide bonds. The summed E-state index contributed by atoms with van der Waals surface area (Å²) in [5, 5.41) is 5.14. The second-order valence-corrected chi connectivity index (χ2v) is 5.74. The first-order valence-corrected chi connectivity index (χ1v) is 8.00. The number of rotatable bonds is 5. The molecule has 24 heavy (non-hydrogen) atoms. The lowest BCUT2D eigenvalue weighted by molar-refractivity contribution is 0.0600. The first-order valence-electron chi connectivity index (χ1n) is 7.12. The molecule has 1 N–H and O–H groups in total. The van der Waals surface area contributed by atoms with Crippen molar-refractivity contribution in [3.63, 3.8) is 0 Å². The number of amides is 1. The van der Waals surface area contributed by atoms with Crippen molar-refractivity contribution in [3.05, 3.63) is 64.9 Å². The number of carbonyl (C=O) groups excluding carboxylic acids is 2. The SMILES string of the molecule is COC(=O)c1ccc(CNC(=O)c2csc(-c3ccco3)n2)cc1. The zero-order valence-corrected chi connectivity index (χ0v) is 13.6. The van der Waals surface area contributed by atoms with Crippen LogP contribution in [0.2, 0.25) is 0 Å². The van der Waals surface area contributed by atoms with Gasteiger partial charge in [0.1, 0.15) is 5.69 Å². The van der Waals surface area contributed by atoms with Crippen LogP contribution in [0.3, 0.4) is 0 Å². The van der Waals surface area contributed by atoms with Crippen molar-refractivity contribution in [2.45, 2.75) is 6.54 Å². The van der Waals surface area contributed by atoms with Crippen LogP contribution in [0.5, 0.6) is 0 Å². The van der Waals surface area contributed by atoms with Crippen molar-refractivity contribution < 1.29 is 18.7 Å². The highest BCUT2D eigenvalue weighted by Gasteiger charge is 2.13. The highest BCUT2D eigenvalue weighted by molar-refractivity contribution is 7.13. The number of furan rings is 1. The highest BCUT2D eigenvalue weighted by atomic mass is 32.1. The molecule has 6 nitrogen and oxygen atoms in total. The van der Waals surface area contributed by atoms with E-state index >= 15 is 0 Å². The molecule has 0 spiro atoms. The van der Waals surface area contributed by atoms with Gasteiger partial charge in [-0.05, 0) is 29.8 Å². The fourth-order valence-corrected chi connectivity index (χ4v) is 2.81. The van der Waals surface area contributed by atoms with Gasteiger partial charge in [-0.15, -0.1) is 11.3 Å². The second-order valence-electron chi connectivity index (χ2n) is 4.89. The maximum atomic E-state index is 12.2. The molecule has 0 unspecified atom stereocenters. The monoisotopic (exact) mass is 342 g/mol. The zero-order valence-electron chi connectivity index (χ0n) is 12.8. The number of carbonyl (C=O) groups is 2. The van der Waals surface area contributed by atoms with Crippen molar-refractivity contribution in [2.75, 3.05) is 7.11 Å². The standard InChI is InChI=1S/C17H14N2O4S/c1-22-17(21)12-6-4-11(5-7-12)9-18-15(20)13-10-24-16(19-13)14-3-2-8-23-14/h2-8,10H,9H2,1H3,(H,18,20). The molecule has 0 radical (unpaired) electrons. The minimum atomic E-state index is -0.390. The Bertz CT molecular complexity index is 838. The predicted octanol–water partition coefficient (Wildman–Crippen LogP) is 3.12. The van der Waals surface area contributed by atoms with Gasteiger partial charge >= 0.3 is 5.97 Å². The molecule has 3 rings (SSSR count). The average molecular weight is 342 g/mol. The number of methoxy groups -OCH3 is 1. The fourth-order valence-electron chi connectivity index (χ4n) is 2.04. The number of hydrogen-bond donors (Lipinski definition) is 1. The van der Waals surface area contributed by atoms with Crippen LogP contribution in [0, 0.1) is 0 Å². The predicted molar refractivity (Wildman–Crippen MR) is 88.8 cm³/mol. The summed E-state index contributed by atoms with van der Waals surface area (Å²) >= 11 is 1.35. The summed E-state index contributed by atoms with van der Waals surface area (Å²) < 4.78 is 9.90. The molecule has 7 heteroatoms. The van der Waals surface area contributed by atoms with Crippen LogP contribution in [-0.2, 0) is 11.3 Å². The minimum absolute atomic E-state index is 0.263. The van der Waals surface area contributed by atoms with Crippen molar-refractivity contribution in [3.8, 4) is 10.8 Å². The molecule has 2 aromatic heterocycles. The van der Waals surface area contributed by atoms with Crippen LogP contribution < -0.4 is 5.32 Å². The number of thiazole rings is 1. The largest absolute Gasteiger partial charge is 0.465 e. The van der Waals surface area contributed by atoms with Gasteiger partial charge in [0.05, 0.1) is 18.9 Å². The number of ether oxygens (including phenoxy) is 1. The molecule has 0 aliphatic heterocycles. The summed E-state index contributed by atoms with van der Waals surface area (Å²) in [4.78, 5) is 27.8. The lowest BCUT2D eigenvalue weighted by atomic mass is 10.1. The molecular weight excluding hydrogens is 328 g/mol. The molecule has 0 aliphatic carbocycles. The summed E-state index contributed by atoms with van der Waals surface area (Å²) in [6.07, 6.45) is 1.56. The Morgan fingerprint density at radius 1 is 1.25 bits per heavy atom. The molecule has 1 aromatic carbocycles. The van der Waals surface area contributed by atoms with Crippen LogP contribution in [-0.4, -0.2) is 24.0 Å². The smallest absolute Gasteiger partial charge is 0.337 e. The van der Waals surface area contributed by atoms with E-state index in [1.165, 1.54) is 18.4 Å². The Labute approximate surface area is 142 Å². The Balaban J connectivity index is 1.60. The average Bonchev–Trinajstić information content (AvgIpc) is 3.30. The topological polar surface area (TPSA) is 81.4 Å². The summed E-state index contributed by atoms with van der Waals surface area (Å²) in [7, 11) is 1.33. The summed E-state index contributed by atoms with van der Waals surface area (Å²) in [5.74, 6) is -0.0166. The van der Waals surface area contributed by atoms with Crippen LogP contribution in [0.15, 0.2) is 52.5 Å². The van der Waals surface area contributed by atoms with Gasteiger partial charge in [-0.25, -0.2) is 9.78 Å². The third-order valence-corrected chi connectivity index (χ3v) is 4.15. The van der Waals surface area contributed by atoms with Crippen molar-refractivity contribution in [2.24, 2.45) is 0 Å². The van der Waals surface area contributed by atoms with Gasteiger partial charge in [0.15, 0.2) is 10.8 Å². The summed E-state index contributed by atoms with van der Waals surface area (Å²) in [6, 6.07) is 10.4. The molecule has 0 saturated heterocycles. The minimum Gasteiger partial charge on any atom is -0.465 e. The fraction of sp³-hybridized carbons (Fsp3) is 0.118. The van der Waals surface area contributed by atoms with Gasteiger partial charge in [-0.3, -0.25) is 4.79 Å². The second kappa shape index (κ2) is 7.10. The maximum absolute atomic E-state index is 12.2. The van der Waals surface area contributed by atoms with E-state index < -0.39 is 5.97 Å². The maximum Gasteiger partial charge on any atom is 0.337 e. The molecule has 0 atom stereocenters. The number of benzene rings is 1. The van der Waals surface area contributed by atoms with Crippen molar-refractivity contribution >= 4 is 23.2 Å². The van der Waals surface area contributed by atoms with Crippen LogP contribution in [0.1, 0.15) is 26.4 Å². The van der Waals surface area contributed by atoms with E-state index in [0.717, 1.165) is 5.56 Å². The zero-order chi connectivity index (χ0) is 16.9. The number of esters is 1. The third kappa shape index (κ3) is 3.52. The van der Waals surface area contributed by atoms with E-state index in [9.17, 15) is 9.59 Å². The molecule has 0 saturated carbocycles. The molecule has 0 aliphatic rings. The van der Waals surface area contributed by atoms with Gasteiger partial charge in [0.2, 0.25) is 0 Å². The molecule has 0 fully saturated rings. The van der Waals surface area contributed by atoms with E-state index in [-0.39, 0.29) is 5.91 Å². The van der Waals surface area contributed by atoms with Gasteiger partial charge in [-0.1, -0.05) is 12.1 Å². The number of aromatic nitrogens is 1. The number of hydrogen-bond acceptors (Lipinski definition) is 6. The third-order valence-electron chi connectivity index (χ3n) is 3.30. The molecule has 3 aromatic rings. The summed E-state index contributed by atoms with van der Waals surface area (Å²) in [6.45, 7) is 0.341. The number of nitrogens with zero attached hydrogens (tertiary/aromatic N) is 1. The van der Waals surface area contributed by atoms with E-state index in [0.29, 0.717) is 28.6 Å². The van der Waals surface area contributed by atoms with Crippen LogP contribution >= 0.6 is 11.3 Å². The lowest BCUT2D eigenvalue weighted by Crippen LogP contribution is -2.23. The van der Waals surface area contributed by atoms with E-state index in [1.807, 2.05) is 0 Å². The van der Waals surface area contributed by atoms with Gasteiger partial charge in [-0.2, -0.15) is 0 Å². The Morgan fingerprint density at radius 3 is 2.71 bits per heavy atom. The van der Waals surface area contributed by atoms with Crippen molar-refractivity contribution in [1.29, 1.82) is 0 Å². The van der Waals surface area contributed by atoms with Crippen LogP contribution in [0.4, 0.5) is 0 Å². The number of nitrogens with one attached hydrogen (secondary N) is 1. The molecular formula is C17H14N2O4S. The molecule has 2 heterocycles. The van der Waals surface area contributed by atoms with Gasteiger partial charge in [0, 0.05) is 11.9 Å². The van der Waals surface area contributed by atoms with Gasteiger partial charge in [0.25, 0.3) is 5.91 Å². The summed E-state index contributed by atoms with van der Waals surface area (Å²) in [5.41, 5.74) is 1.69. The van der Waals surface area contributed by atoms with E-state index in [1.54, 1.807) is 48.0 Å². The quantitative estimate of drug-likeness (QED) is 0.721. The highest BCUT2D eigenvalue weighted by Crippen LogP contribution is 2.23. The van der Waals surface area contributed by atoms with E-state index in [2.05, 4.69) is 15.0 Å². The van der Waals surface area contributed by atoms with E-state index in [4.69, 9.17) is 4.42 Å². The first kappa shape index (κ1) is 15.9.